The SMILES string of the molecule is CCNC1NC2NC(=O)C3CC(CC(C)C)CC(C3)C(=O)NC3NC(NC(=O)C4CC(CC(C(=O)C(C)C)C4)C(=O)NC4NC(NC(=O)C5CC(CC(C(=O)C(C)C)C5)C(=O)NC(N1)N2)NC(NC(C)C)N4)NC(NC(C)C)N3. The maximum atomic E-state index is 14.5. The number of Topliss-reactive ketones (excluding diaryl/α,β-unsaturated/α-hetero) is 2. The van der Waals surface area contributed by atoms with Crippen LogP contribution in [0.4, 0.5) is 0 Å². The van der Waals surface area contributed by atoms with Gasteiger partial charge >= 0.3 is 0 Å². The van der Waals surface area contributed by atoms with Crippen LogP contribution in [-0.4, -0.2) is 122 Å². The van der Waals surface area contributed by atoms with E-state index in [2.05, 4.69) is 110 Å². The van der Waals surface area contributed by atoms with Crippen molar-refractivity contribution in [3.05, 3.63) is 0 Å². The lowest BCUT2D eigenvalue weighted by molar-refractivity contribution is -0.138. The van der Waals surface area contributed by atoms with Crippen molar-refractivity contribution in [2.45, 2.75) is 209 Å². The lowest BCUT2D eigenvalue weighted by Crippen LogP contribution is -2.79. The highest BCUT2D eigenvalue weighted by Crippen LogP contribution is 2.39. The first kappa shape index (κ1) is 62.3. The van der Waals surface area contributed by atoms with Crippen LogP contribution in [0.3, 0.4) is 0 Å². The van der Waals surface area contributed by atoms with E-state index in [1.54, 1.807) is 0 Å². The van der Waals surface area contributed by atoms with Gasteiger partial charge in [0.15, 0.2) is 0 Å². The molecule has 0 aromatic carbocycles. The fraction of sp³-hybridized carbons (Fsp3) is 0.849. The van der Waals surface area contributed by atoms with Crippen LogP contribution in [0.15, 0.2) is 0 Å². The molecule has 7 rings (SSSR count). The van der Waals surface area contributed by atoms with E-state index in [1.165, 1.54) is 0 Å². The summed E-state index contributed by atoms with van der Waals surface area (Å²) in [6.07, 6.45) is -3.44. The maximum absolute atomic E-state index is 14.5. The zero-order chi connectivity index (χ0) is 57.4. The van der Waals surface area contributed by atoms with Crippen molar-refractivity contribution < 1.29 is 38.4 Å². The number of ketones is 2. The smallest absolute Gasteiger partial charge is 0.225 e. The Balaban J connectivity index is 1.20. The van der Waals surface area contributed by atoms with Gasteiger partial charge in [-0.15, -0.1) is 0 Å². The molecule has 26 nitrogen and oxygen atoms in total. The second-order valence-electron chi connectivity index (χ2n) is 25.0. The molecule has 0 spiro atoms. The van der Waals surface area contributed by atoms with Crippen molar-refractivity contribution >= 4 is 47.0 Å². The molecule has 3 aliphatic carbocycles. The van der Waals surface area contributed by atoms with E-state index in [4.69, 9.17) is 0 Å². The van der Waals surface area contributed by atoms with Gasteiger partial charge in [0.1, 0.15) is 68.2 Å². The van der Waals surface area contributed by atoms with E-state index in [1.807, 2.05) is 62.3 Å². The van der Waals surface area contributed by atoms with E-state index in [0.717, 1.165) is 6.42 Å². The Morgan fingerprint density at radius 3 is 0.899 bits per heavy atom. The molecular weight excluding hydrogens is 1020 g/mol. The molecule has 18 N–H and O–H groups in total. The third-order valence-electron chi connectivity index (χ3n) is 16.3. The van der Waals surface area contributed by atoms with Gasteiger partial charge in [0, 0.05) is 71.3 Å². The molecule has 0 aromatic rings. The van der Waals surface area contributed by atoms with Crippen LogP contribution >= 0.6 is 0 Å². The molecule has 0 aromatic heterocycles. The van der Waals surface area contributed by atoms with Gasteiger partial charge in [0.25, 0.3) is 0 Å². The molecule has 4 saturated heterocycles. The molecule has 7 fully saturated rings. The minimum Gasteiger partial charge on any atom is -0.328 e. The summed E-state index contributed by atoms with van der Waals surface area (Å²) in [5, 5.41) is 58.2. The van der Waals surface area contributed by atoms with Crippen molar-refractivity contribution in [1.82, 2.24) is 95.7 Å². The molecule has 18 unspecified atom stereocenters. The van der Waals surface area contributed by atoms with Crippen molar-refractivity contribution in [3.63, 3.8) is 0 Å². The Morgan fingerprint density at radius 2 is 0.658 bits per heavy atom. The molecule has 18 atom stereocenters. The van der Waals surface area contributed by atoms with Crippen molar-refractivity contribution in [3.8, 4) is 0 Å². The molecule has 0 radical (unpaired) electrons. The van der Waals surface area contributed by atoms with Crippen molar-refractivity contribution in [2.75, 3.05) is 6.54 Å². The van der Waals surface area contributed by atoms with Gasteiger partial charge in [0.05, 0.1) is 0 Å². The highest BCUT2D eigenvalue weighted by molar-refractivity contribution is 5.89. The van der Waals surface area contributed by atoms with E-state index >= 15 is 0 Å². The Morgan fingerprint density at radius 1 is 0.392 bits per heavy atom. The monoisotopic (exact) mass is 1110 g/mol. The summed E-state index contributed by atoms with van der Waals surface area (Å²) in [6, 6.07) is -0.0439. The van der Waals surface area contributed by atoms with E-state index in [0.29, 0.717) is 25.3 Å². The second kappa shape index (κ2) is 28.1. The number of rotatable bonds is 12. The van der Waals surface area contributed by atoms with Crippen LogP contribution in [0.5, 0.6) is 0 Å². The summed E-state index contributed by atoms with van der Waals surface area (Å²) in [7, 11) is 0. The van der Waals surface area contributed by atoms with Crippen LogP contribution in [0.2, 0.25) is 0 Å². The van der Waals surface area contributed by atoms with Gasteiger partial charge in [-0.2, -0.15) is 0 Å². The number of hydrogen-bond acceptors (Lipinski definition) is 20. The lowest BCUT2D eigenvalue weighted by Gasteiger charge is -2.43. The molecule has 79 heavy (non-hydrogen) atoms. The summed E-state index contributed by atoms with van der Waals surface area (Å²) >= 11 is 0. The molecule has 3 saturated carbocycles. The molecular formula is C53H96N18O8. The minimum absolute atomic E-state index is 0.00763. The van der Waals surface area contributed by atoms with Crippen LogP contribution < -0.4 is 95.7 Å². The maximum Gasteiger partial charge on any atom is 0.225 e. The largest absolute Gasteiger partial charge is 0.328 e. The fourth-order valence-electron chi connectivity index (χ4n) is 12.8. The topological polar surface area (TPSA) is 353 Å². The van der Waals surface area contributed by atoms with Crippen LogP contribution in [-0.2, 0) is 38.4 Å². The molecule has 7 aliphatic rings. The summed E-state index contributed by atoms with van der Waals surface area (Å²) < 4.78 is 0. The Hall–Kier alpha value is -4.32. The molecule has 12 bridgehead atoms. The van der Waals surface area contributed by atoms with Crippen molar-refractivity contribution in [1.29, 1.82) is 0 Å². The predicted molar refractivity (Wildman–Crippen MR) is 293 cm³/mol. The normalized spacial score (nSPS) is 37.6. The van der Waals surface area contributed by atoms with Gasteiger partial charge in [-0.1, -0.05) is 48.5 Å². The Labute approximate surface area is 466 Å². The minimum atomic E-state index is -0.907. The lowest BCUT2D eigenvalue weighted by atomic mass is 9.71. The number of nitrogens with one attached hydrogen (secondary N) is 18. The van der Waals surface area contributed by atoms with Crippen LogP contribution in [0.25, 0.3) is 0 Å². The summed E-state index contributed by atoms with van der Waals surface area (Å²) in [5.74, 6) is -7.56. The number of fused-ring (bicyclic) bond motifs is 12. The van der Waals surface area contributed by atoms with Gasteiger partial charge in [-0.3, -0.25) is 102 Å². The predicted octanol–water partition coefficient (Wildman–Crippen LogP) is -2.20. The zero-order valence-corrected chi connectivity index (χ0v) is 48.3. The van der Waals surface area contributed by atoms with E-state index in [-0.39, 0.29) is 110 Å². The molecule has 4 aliphatic heterocycles. The summed E-state index contributed by atoms with van der Waals surface area (Å²) in [4.78, 5) is 115. The molecule has 6 amide bonds. The number of amides is 6. The quantitative estimate of drug-likeness (QED) is 0.0986. The Kier molecular flexibility index (Phi) is 22.2. The van der Waals surface area contributed by atoms with Gasteiger partial charge < -0.3 is 31.9 Å². The first-order valence-electron chi connectivity index (χ1n) is 29.4. The Bertz CT molecular complexity index is 2150. The summed E-state index contributed by atoms with van der Waals surface area (Å²) in [5.41, 5.74) is 0. The zero-order valence-electron chi connectivity index (χ0n) is 48.3. The van der Waals surface area contributed by atoms with Crippen LogP contribution in [0, 0.1) is 71.0 Å². The van der Waals surface area contributed by atoms with E-state index < -0.39 is 116 Å². The molecule has 4 heterocycles. The van der Waals surface area contributed by atoms with Crippen molar-refractivity contribution in [2.24, 2.45) is 71.0 Å². The highest BCUT2D eigenvalue weighted by atomic mass is 16.2. The average molecular weight is 1110 g/mol. The third kappa shape index (κ3) is 17.6. The third-order valence-corrected chi connectivity index (χ3v) is 16.3. The van der Waals surface area contributed by atoms with Gasteiger partial charge in [-0.25, -0.2) is 0 Å². The fourth-order valence-corrected chi connectivity index (χ4v) is 12.8. The van der Waals surface area contributed by atoms with Gasteiger partial charge in [0.2, 0.25) is 35.4 Å². The summed E-state index contributed by atoms with van der Waals surface area (Å²) in [6.45, 7) is 21.8. The first-order chi connectivity index (χ1) is 37.4. The average Bonchev–Trinajstić information content (AvgIpc) is 3.41. The second-order valence-corrected chi connectivity index (χ2v) is 25.0. The molecule has 446 valence electrons. The molecule has 26 heteroatoms. The van der Waals surface area contributed by atoms with Gasteiger partial charge in [-0.05, 0) is 110 Å². The van der Waals surface area contributed by atoms with E-state index in [9.17, 15) is 38.4 Å². The van der Waals surface area contributed by atoms with Crippen LogP contribution in [0.1, 0.15) is 140 Å². The standard InChI is InChI=1S/C53H96N18O8/c1-12-54-45-63-48-57-39(74)31-14-28(13-23(2)3)15-32(20-31)40(75)58-50-65-46(55-26(8)9)66-51(70-50)60-43(78)35-18-30(38(73)25(6)7)19-36(22-35)44(79)62-53-68-47(56-27(10)11)67-52(71-53)61-42(77)34-17-29(37(72)24(4)5)16-33(21-34)41(76)59-49(64-45)69-48/h23-36,45-56,63-71H,12-22H2,1-11H3,(H,57,74)(H,58,75)(H,59,76)(H,60,78)(H,61,77)(H,62,79). The number of hydrogen-bond donors (Lipinski definition) is 18. The highest BCUT2D eigenvalue weighted by Gasteiger charge is 2.45. The number of carbonyl (C=O) groups excluding carboxylic acids is 8. The first-order valence-corrected chi connectivity index (χ1v) is 29.4. The number of carbonyl (C=O) groups is 8.